The van der Waals surface area contributed by atoms with Crippen LogP contribution in [0.15, 0.2) is 40.9 Å². The maximum absolute atomic E-state index is 13.6. The molecule has 2 rings (SSSR count). The van der Waals surface area contributed by atoms with Crippen molar-refractivity contribution < 1.29 is 13.5 Å². The minimum Gasteiger partial charge on any atom is -0.497 e. The second-order valence-electron chi connectivity index (χ2n) is 4.43. The molecular weight excluding hydrogens is 328 g/mol. The summed E-state index contributed by atoms with van der Waals surface area (Å²) < 4.78 is 32.4. The highest BCUT2D eigenvalue weighted by atomic mass is 79.9. The molecule has 0 aromatic heterocycles. The summed E-state index contributed by atoms with van der Waals surface area (Å²) in [7, 11) is 1.58. The second-order valence-corrected chi connectivity index (χ2v) is 5.29. The first kappa shape index (κ1) is 14.9. The Bertz CT molecular complexity index is 619. The fourth-order valence-electron chi connectivity index (χ4n) is 1.97. The lowest BCUT2D eigenvalue weighted by Gasteiger charge is -2.15. The van der Waals surface area contributed by atoms with Gasteiger partial charge in [0.05, 0.1) is 7.11 Å². The number of benzene rings is 2. The topological polar surface area (TPSA) is 35.2 Å². The Kier molecular flexibility index (Phi) is 4.73. The molecule has 2 N–H and O–H groups in total. The van der Waals surface area contributed by atoms with Gasteiger partial charge in [-0.3, -0.25) is 0 Å². The zero-order valence-electron chi connectivity index (χ0n) is 10.9. The number of nitrogens with two attached hydrogens (primary N) is 1. The number of rotatable bonds is 4. The molecule has 2 aromatic rings. The van der Waals surface area contributed by atoms with E-state index in [2.05, 4.69) is 15.9 Å². The van der Waals surface area contributed by atoms with Crippen LogP contribution in [0.5, 0.6) is 5.75 Å². The molecule has 0 spiro atoms. The molecule has 0 heterocycles. The lowest BCUT2D eigenvalue weighted by Crippen LogP contribution is -2.15. The van der Waals surface area contributed by atoms with Crippen molar-refractivity contribution in [1.29, 1.82) is 0 Å². The van der Waals surface area contributed by atoms with Crippen molar-refractivity contribution in [2.24, 2.45) is 5.73 Å². The number of halogens is 3. The van der Waals surface area contributed by atoms with Gasteiger partial charge in [-0.05, 0) is 35.7 Å². The maximum Gasteiger partial charge on any atom is 0.129 e. The van der Waals surface area contributed by atoms with Gasteiger partial charge in [-0.15, -0.1) is 0 Å². The van der Waals surface area contributed by atoms with E-state index < -0.39 is 17.7 Å². The van der Waals surface area contributed by atoms with Gasteiger partial charge >= 0.3 is 0 Å². The van der Waals surface area contributed by atoms with Crippen LogP contribution in [0.3, 0.4) is 0 Å². The summed E-state index contributed by atoms with van der Waals surface area (Å²) >= 11 is 3.42. The molecule has 0 aliphatic heterocycles. The van der Waals surface area contributed by atoms with Crippen LogP contribution in [0.1, 0.15) is 17.2 Å². The van der Waals surface area contributed by atoms with Crippen LogP contribution in [0.4, 0.5) is 8.78 Å². The Morgan fingerprint density at radius 3 is 2.55 bits per heavy atom. The summed E-state index contributed by atoms with van der Waals surface area (Å²) in [5, 5.41) is 0. The van der Waals surface area contributed by atoms with Crippen LogP contribution in [-0.4, -0.2) is 7.11 Å². The third-order valence-electron chi connectivity index (χ3n) is 3.06. The predicted molar refractivity (Wildman–Crippen MR) is 77.7 cm³/mol. The lowest BCUT2D eigenvalue weighted by atomic mass is 9.99. The summed E-state index contributed by atoms with van der Waals surface area (Å²) in [4.78, 5) is 0. The van der Waals surface area contributed by atoms with Gasteiger partial charge < -0.3 is 10.5 Å². The van der Waals surface area contributed by atoms with Crippen molar-refractivity contribution in [3.8, 4) is 5.75 Å². The molecule has 0 radical (unpaired) electrons. The van der Waals surface area contributed by atoms with Crippen LogP contribution in [0.25, 0.3) is 0 Å². The van der Waals surface area contributed by atoms with Gasteiger partial charge in [0.25, 0.3) is 0 Å². The molecule has 0 fully saturated rings. The van der Waals surface area contributed by atoms with Gasteiger partial charge in [-0.1, -0.05) is 28.1 Å². The normalized spacial score (nSPS) is 12.2. The molecule has 1 unspecified atom stereocenters. The molecule has 0 saturated heterocycles. The molecule has 0 amide bonds. The van der Waals surface area contributed by atoms with Crippen LogP contribution < -0.4 is 10.5 Å². The molecule has 0 saturated carbocycles. The summed E-state index contributed by atoms with van der Waals surface area (Å²) in [5.41, 5.74) is 7.33. The quantitative estimate of drug-likeness (QED) is 0.912. The van der Waals surface area contributed by atoms with Gasteiger partial charge in [-0.25, -0.2) is 8.78 Å². The first-order valence-electron chi connectivity index (χ1n) is 6.04. The summed E-state index contributed by atoms with van der Waals surface area (Å²) in [6, 6.07) is 8.54. The van der Waals surface area contributed by atoms with Crippen molar-refractivity contribution >= 4 is 15.9 Å². The Morgan fingerprint density at radius 1 is 1.20 bits per heavy atom. The average molecular weight is 342 g/mol. The smallest absolute Gasteiger partial charge is 0.129 e. The van der Waals surface area contributed by atoms with Gasteiger partial charge in [-0.2, -0.15) is 0 Å². The Balaban J connectivity index is 2.21. The standard InChI is InChI=1S/C15H14BrF2NO/c1-20-11-4-5-12(13(16)8-11)15(19)6-9-2-3-10(17)7-14(9)18/h2-5,7-8,15H,6,19H2,1H3. The monoisotopic (exact) mass is 341 g/mol. The minimum atomic E-state index is -0.592. The molecule has 2 aromatic carbocycles. The minimum absolute atomic E-state index is 0.289. The third kappa shape index (κ3) is 3.35. The molecule has 2 nitrogen and oxygen atoms in total. The van der Waals surface area contributed by atoms with Crippen LogP contribution in [-0.2, 0) is 6.42 Å². The lowest BCUT2D eigenvalue weighted by molar-refractivity contribution is 0.414. The fraction of sp³-hybridized carbons (Fsp3) is 0.200. The maximum atomic E-state index is 13.6. The van der Waals surface area contributed by atoms with Crippen LogP contribution >= 0.6 is 15.9 Å². The largest absolute Gasteiger partial charge is 0.497 e. The van der Waals surface area contributed by atoms with Gasteiger partial charge in [0.2, 0.25) is 0 Å². The van der Waals surface area contributed by atoms with E-state index in [1.54, 1.807) is 19.2 Å². The van der Waals surface area contributed by atoms with Gasteiger partial charge in [0.1, 0.15) is 17.4 Å². The highest BCUT2D eigenvalue weighted by Gasteiger charge is 2.14. The van der Waals surface area contributed by atoms with Crippen molar-refractivity contribution in [2.45, 2.75) is 12.5 Å². The first-order chi connectivity index (χ1) is 9.51. The van der Waals surface area contributed by atoms with E-state index >= 15 is 0 Å². The number of hydrogen-bond donors (Lipinski definition) is 1. The Labute approximate surface area is 124 Å². The average Bonchev–Trinajstić information content (AvgIpc) is 2.41. The molecule has 1 atom stereocenters. The Morgan fingerprint density at radius 2 is 1.95 bits per heavy atom. The fourth-order valence-corrected chi connectivity index (χ4v) is 2.62. The van der Waals surface area contributed by atoms with Crippen molar-refractivity contribution in [2.75, 3.05) is 7.11 Å². The van der Waals surface area contributed by atoms with E-state index in [1.807, 2.05) is 6.07 Å². The number of hydrogen-bond acceptors (Lipinski definition) is 2. The zero-order chi connectivity index (χ0) is 14.7. The van der Waals surface area contributed by atoms with Gasteiger partial charge in [0, 0.05) is 16.6 Å². The van der Waals surface area contributed by atoms with Crippen LogP contribution in [0.2, 0.25) is 0 Å². The SMILES string of the molecule is COc1ccc(C(N)Cc2ccc(F)cc2F)c(Br)c1. The van der Waals surface area contributed by atoms with E-state index in [4.69, 9.17) is 10.5 Å². The Hall–Kier alpha value is -1.46. The molecule has 20 heavy (non-hydrogen) atoms. The molecule has 0 aliphatic carbocycles. The summed E-state index contributed by atoms with van der Waals surface area (Å²) in [5.74, 6) is -0.462. The van der Waals surface area contributed by atoms with E-state index in [0.29, 0.717) is 11.3 Å². The molecular formula is C15H14BrF2NO. The van der Waals surface area contributed by atoms with E-state index in [1.165, 1.54) is 12.1 Å². The van der Waals surface area contributed by atoms with E-state index in [0.717, 1.165) is 16.1 Å². The molecule has 5 heteroatoms. The number of methoxy groups -OCH3 is 1. The van der Waals surface area contributed by atoms with E-state index in [-0.39, 0.29) is 6.42 Å². The molecule has 0 bridgehead atoms. The molecule has 0 aliphatic rings. The highest BCUT2D eigenvalue weighted by Crippen LogP contribution is 2.28. The van der Waals surface area contributed by atoms with Crippen molar-refractivity contribution in [3.63, 3.8) is 0 Å². The number of ether oxygens (including phenoxy) is 1. The second kappa shape index (κ2) is 6.33. The summed E-state index contributed by atoms with van der Waals surface area (Å²) in [6.07, 6.45) is 0.289. The van der Waals surface area contributed by atoms with E-state index in [9.17, 15) is 8.78 Å². The molecule has 106 valence electrons. The van der Waals surface area contributed by atoms with Crippen molar-refractivity contribution in [1.82, 2.24) is 0 Å². The van der Waals surface area contributed by atoms with Crippen LogP contribution in [0, 0.1) is 11.6 Å². The van der Waals surface area contributed by atoms with Crippen molar-refractivity contribution in [3.05, 3.63) is 63.6 Å². The summed E-state index contributed by atoms with van der Waals surface area (Å²) in [6.45, 7) is 0. The highest BCUT2D eigenvalue weighted by molar-refractivity contribution is 9.10. The predicted octanol–water partition coefficient (Wildman–Crippen LogP) is 3.98. The first-order valence-corrected chi connectivity index (χ1v) is 6.83. The zero-order valence-corrected chi connectivity index (χ0v) is 12.5. The third-order valence-corrected chi connectivity index (χ3v) is 3.75. The van der Waals surface area contributed by atoms with Gasteiger partial charge in [0.15, 0.2) is 0 Å².